The van der Waals surface area contributed by atoms with Gasteiger partial charge in [-0.1, -0.05) is 12.1 Å². The van der Waals surface area contributed by atoms with E-state index < -0.39 is 11.9 Å². The van der Waals surface area contributed by atoms with Gasteiger partial charge in [-0.25, -0.2) is 9.78 Å². The first-order valence-electron chi connectivity index (χ1n) is 5.59. The summed E-state index contributed by atoms with van der Waals surface area (Å²) in [4.78, 5) is 30.4. The van der Waals surface area contributed by atoms with Crippen molar-refractivity contribution in [3.05, 3.63) is 47.9 Å². The van der Waals surface area contributed by atoms with Gasteiger partial charge in [0, 0.05) is 0 Å². The molecule has 0 saturated heterocycles. The number of hydrogen-bond acceptors (Lipinski definition) is 6. The van der Waals surface area contributed by atoms with Gasteiger partial charge in [0.05, 0.1) is 25.1 Å². The van der Waals surface area contributed by atoms with Crippen molar-refractivity contribution in [3.8, 4) is 11.6 Å². The fraction of sp³-hybridized carbons (Fsp3) is 0.0769. The monoisotopic (exact) mass is 273 g/mol. The molecule has 2 rings (SSSR count). The highest BCUT2D eigenvalue weighted by Gasteiger charge is 2.12. The van der Waals surface area contributed by atoms with Gasteiger partial charge < -0.3 is 15.2 Å². The van der Waals surface area contributed by atoms with Crippen LogP contribution in [0.3, 0.4) is 0 Å². The summed E-state index contributed by atoms with van der Waals surface area (Å²) < 4.78 is 9.96. The van der Waals surface area contributed by atoms with Crippen molar-refractivity contribution >= 4 is 11.9 Å². The Labute approximate surface area is 114 Å². The number of para-hydroxylation sites is 1. The summed E-state index contributed by atoms with van der Waals surface area (Å²) in [6, 6.07) is 6.42. The van der Waals surface area contributed by atoms with Crippen molar-refractivity contribution < 1.29 is 19.1 Å². The van der Waals surface area contributed by atoms with Crippen LogP contribution in [-0.2, 0) is 4.74 Å². The van der Waals surface area contributed by atoms with E-state index >= 15 is 0 Å². The molecule has 0 atom stereocenters. The molecular weight excluding hydrogens is 262 g/mol. The molecule has 2 aromatic rings. The zero-order valence-electron chi connectivity index (χ0n) is 10.6. The molecule has 0 aliphatic rings. The van der Waals surface area contributed by atoms with E-state index in [4.69, 9.17) is 10.5 Å². The highest BCUT2D eigenvalue weighted by Crippen LogP contribution is 2.23. The van der Waals surface area contributed by atoms with E-state index in [1.54, 1.807) is 18.2 Å². The van der Waals surface area contributed by atoms with Gasteiger partial charge >= 0.3 is 5.97 Å². The van der Waals surface area contributed by atoms with E-state index in [2.05, 4.69) is 14.7 Å². The van der Waals surface area contributed by atoms with Crippen LogP contribution in [0.4, 0.5) is 0 Å². The Balaban J connectivity index is 2.31. The molecule has 102 valence electrons. The lowest BCUT2D eigenvalue weighted by molar-refractivity contribution is 0.0592. The number of ether oxygens (including phenoxy) is 2. The average Bonchev–Trinajstić information content (AvgIpc) is 2.47. The second-order valence-electron chi connectivity index (χ2n) is 3.70. The summed E-state index contributed by atoms with van der Waals surface area (Å²) in [5, 5.41) is 0. The number of amides is 1. The zero-order valence-corrected chi connectivity index (χ0v) is 10.6. The second-order valence-corrected chi connectivity index (χ2v) is 3.70. The second kappa shape index (κ2) is 5.79. The largest absolute Gasteiger partial charge is 0.464 e. The van der Waals surface area contributed by atoms with Crippen LogP contribution >= 0.6 is 0 Å². The van der Waals surface area contributed by atoms with Crippen molar-refractivity contribution in [1.82, 2.24) is 9.97 Å². The van der Waals surface area contributed by atoms with Crippen molar-refractivity contribution in [2.24, 2.45) is 5.73 Å². The molecule has 1 amide bonds. The molecule has 0 aliphatic carbocycles. The van der Waals surface area contributed by atoms with Crippen LogP contribution in [0.25, 0.3) is 0 Å². The van der Waals surface area contributed by atoms with Crippen molar-refractivity contribution in [3.63, 3.8) is 0 Å². The molecule has 0 fully saturated rings. The maximum atomic E-state index is 11.3. The normalized spacial score (nSPS) is 9.85. The lowest BCUT2D eigenvalue weighted by Crippen LogP contribution is -2.12. The quantitative estimate of drug-likeness (QED) is 0.838. The molecule has 1 aromatic carbocycles. The van der Waals surface area contributed by atoms with Crippen molar-refractivity contribution in [2.75, 3.05) is 7.11 Å². The predicted molar refractivity (Wildman–Crippen MR) is 68.4 cm³/mol. The van der Waals surface area contributed by atoms with Gasteiger partial charge in [-0.2, -0.15) is 0 Å². The lowest BCUT2D eigenvalue weighted by atomic mass is 10.2. The molecule has 1 aromatic heterocycles. The Bertz CT molecular complexity index is 658. The summed E-state index contributed by atoms with van der Waals surface area (Å²) in [7, 11) is 1.24. The third kappa shape index (κ3) is 2.89. The minimum atomic E-state index is -0.633. The Morgan fingerprint density at radius 1 is 1.20 bits per heavy atom. The number of methoxy groups -OCH3 is 1. The van der Waals surface area contributed by atoms with E-state index in [1.165, 1.54) is 25.6 Å². The van der Waals surface area contributed by atoms with E-state index in [0.717, 1.165) is 0 Å². The van der Waals surface area contributed by atoms with Gasteiger partial charge in [-0.15, -0.1) is 0 Å². The van der Waals surface area contributed by atoms with Crippen LogP contribution in [0.5, 0.6) is 11.6 Å². The van der Waals surface area contributed by atoms with Crippen LogP contribution in [0.1, 0.15) is 20.8 Å². The van der Waals surface area contributed by atoms with Crippen LogP contribution in [0, 0.1) is 0 Å². The topological polar surface area (TPSA) is 104 Å². The van der Waals surface area contributed by atoms with Crippen molar-refractivity contribution in [2.45, 2.75) is 0 Å². The van der Waals surface area contributed by atoms with E-state index in [-0.39, 0.29) is 22.9 Å². The Morgan fingerprint density at radius 2 is 1.95 bits per heavy atom. The zero-order chi connectivity index (χ0) is 14.5. The number of esters is 1. The van der Waals surface area contributed by atoms with Crippen LogP contribution < -0.4 is 10.5 Å². The molecule has 0 saturated carbocycles. The van der Waals surface area contributed by atoms with Gasteiger partial charge in [-0.05, 0) is 12.1 Å². The molecular formula is C13H11N3O4. The fourth-order valence-electron chi connectivity index (χ4n) is 1.47. The van der Waals surface area contributed by atoms with E-state index in [1.807, 2.05) is 0 Å². The first-order valence-corrected chi connectivity index (χ1v) is 5.59. The minimum absolute atomic E-state index is 0.00144. The fourth-order valence-corrected chi connectivity index (χ4v) is 1.47. The van der Waals surface area contributed by atoms with Gasteiger partial charge in [0.2, 0.25) is 5.88 Å². The molecule has 0 unspecified atom stereocenters. The molecule has 0 aliphatic heterocycles. The highest BCUT2D eigenvalue weighted by atomic mass is 16.5. The lowest BCUT2D eigenvalue weighted by Gasteiger charge is -2.08. The number of benzene rings is 1. The number of carbonyl (C=O) groups excluding carboxylic acids is 2. The number of carbonyl (C=O) groups is 2. The van der Waals surface area contributed by atoms with Gasteiger partial charge in [-0.3, -0.25) is 9.78 Å². The Morgan fingerprint density at radius 3 is 2.65 bits per heavy atom. The molecule has 1 heterocycles. The number of nitrogens with zero attached hydrogens (tertiary/aromatic N) is 2. The first kappa shape index (κ1) is 13.5. The summed E-state index contributed by atoms with van der Waals surface area (Å²) in [6.45, 7) is 0. The number of rotatable bonds is 4. The SMILES string of the molecule is COC(=O)c1cncc(Oc2ccccc2C(N)=O)n1. The number of nitrogens with two attached hydrogens (primary N) is 1. The molecule has 7 heteroatoms. The molecule has 0 radical (unpaired) electrons. The Hall–Kier alpha value is -2.96. The number of primary amides is 1. The third-order valence-electron chi connectivity index (χ3n) is 2.37. The van der Waals surface area contributed by atoms with E-state index in [0.29, 0.717) is 0 Å². The van der Waals surface area contributed by atoms with Gasteiger partial charge in [0.1, 0.15) is 5.75 Å². The number of hydrogen-bond donors (Lipinski definition) is 1. The van der Waals surface area contributed by atoms with Crippen LogP contribution in [0.2, 0.25) is 0 Å². The molecule has 0 spiro atoms. The first-order chi connectivity index (χ1) is 9.61. The summed E-state index contributed by atoms with van der Waals surface area (Å²) >= 11 is 0. The summed E-state index contributed by atoms with van der Waals surface area (Å²) in [5.74, 6) is -0.971. The summed E-state index contributed by atoms with van der Waals surface area (Å²) in [6.07, 6.45) is 2.56. The average molecular weight is 273 g/mol. The molecule has 7 nitrogen and oxygen atoms in total. The maximum Gasteiger partial charge on any atom is 0.358 e. The smallest absolute Gasteiger partial charge is 0.358 e. The summed E-state index contributed by atoms with van der Waals surface area (Å²) in [5.41, 5.74) is 5.45. The number of aromatic nitrogens is 2. The van der Waals surface area contributed by atoms with Crippen LogP contribution in [-0.4, -0.2) is 29.0 Å². The minimum Gasteiger partial charge on any atom is -0.464 e. The van der Waals surface area contributed by atoms with Crippen molar-refractivity contribution in [1.29, 1.82) is 0 Å². The van der Waals surface area contributed by atoms with Gasteiger partial charge in [0.25, 0.3) is 5.91 Å². The van der Waals surface area contributed by atoms with Gasteiger partial charge in [0.15, 0.2) is 5.69 Å². The maximum absolute atomic E-state index is 11.3. The third-order valence-corrected chi connectivity index (χ3v) is 2.37. The molecule has 20 heavy (non-hydrogen) atoms. The molecule has 2 N–H and O–H groups in total. The highest BCUT2D eigenvalue weighted by molar-refractivity contribution is 5.95. The Kier molecular flexibility index (Phi) is 3.90. The predicted octanol–water partition coefficient (Wildman–Crippen LogP) is 1.15. The molecule has 0 bridgehead atoms. The van der Waals surface area contributed by atoms with Crippen LogP contribution in [0.15, 0.2) is 36.7 Å². The standard InChI is InChI=1S/C13H11N3O4/c1-19-13(18)9-6-15-7-11(16-9)20-10-5-3-2-4-8(10)12(14)17/h2-7H,1H3,(H2,14,17). The van der Waals surface area contributed by atoms with E-state index in [9.17, 15) is 9.59 Å².